The van der Waals surface area contributed by atoms with Gasteiger partial charge in [-0.3, -0.25) is 14.4 Å². The quantitative estimate of drug-likeness (QED) is 0.269. The second-order valence-electron chi connectivity index (χ2n) is 9.67. The number of amides is 4. The molecule has 2 unspecified atom stereocenters. The smallest absolute Gasteiger partial charge is 0.408 e. The third-order valence-corrected chi connectivity index (χ3v) is 5.40. The van der Waals surface area contributed by atoms with E-state index in [2.05, 4.69) is 10.6 Å². The number of nitrogens with zero attached hydrogens (tertiary/aromatic N) is 1. The number of aromatic hydroxyl groups is 1. The van der Waals surface area contributed by atoms with Gasteiger partial charge in [0, 0.05) is 18.7 Å². The SMILES string of the molecule is COc1ccc(NC(=O)C(c2cccc(O)c2)N(CCO)C(=O)C(CCC(N)=O)NC(=O)OC(C)(C)C)cc1. The van der Waals surface area contributed by atoms with Gasteiger partial charge in [-0.05, 0) is 69.2 Å². The first-order chi connectivity index (χ1) is 18.3. The first-order valence-corrected chi connectivity index (χ1v) is 12.3. The van der Waals surface area contributed by atoms with E-state index >= 15 is 0 Å². The number of aliphatic hydroxyl groups excluding tert-OH is 1. The summed E-state index contributed by atoms with van der Waals surface area (Å²) in [6.45, 7) is 4.11. The Morgan fingerprint density at radius 3 is 2.28 bits per heavy atom. The van der Waals surface area contributed by atoms with Crippen molar-refractivity contribution < 1.29 is 38.9 Å². The fourth-order valence-electron chi connectivity index (χ4n) is 3.72. The number of nitrogens with two attached hydrogens (primary N) is 1. The average Bonchev–Trinajstić information content (AvgIpc) is 2.85. The van der Waals surface area contributed by atoms with Crippen molar-refractivity contribution in [2.24, 2.45) is 5.73 Å². The van der Waals surface area contributed by atoms with Gasteiger partial charge in [-0.25, -0.2) is 4.79 Å². The Hall–Kier alpha value is -4.32. The van der Waals surface area contributed by atoms with Gasteiger partial charge in [0.2, 0.25) is 11.8 Å². The van der Waals surface area contributed by atoms with E-state index in [1.165, 1.54) is 31.4 Å². The number of phenolic OH excluding ortho intramolecular Hbond substituents is 1. The molecular formula is C27H36N4O8. The summed E-state index contributed by atoms with van der Waals surface area (Å²) in [4.78, 5) is 52.5. The highest BCUT2D eigenvalue weighted by Crippen LogP contribution is 2.27. The summed E-state index contributed by atoms with van der Waals surface area (Å²) in [6, 6.07) is 9.60. The number of alkyl carbamates (subject to hydrolysis) is 1. The minimum Gasteiger partial charge on any atom is -0.508 e. The number of aliphatic hydroxyl groups is 1. The van der Waals surface area contributed by atoms with Crippen LogP contribution < -0.4 is 21.1 Å². The summed E-state index contributed by atoms with van der Waals surface area (Å²) >= 11 is 0. The molecule has 2 rings (SSSR count). The molecule has 0 aliphatic heterocycles. The van der Waals surface area contributed by atoms with Crippen LogP contribution in [0.5, 0.6) is 11.5 Å². The van der Waals surface area contributed by atoms with Crippen LogP contribution >= 0.6 is 0 Å². The summed E-state index contributed by atoms with van der Waals surface area (Å²) < 4.78 is 10.4. The summed E-state index contributed by atoms with van der Waals surface area (Å²) in [5.41, 5.74) is 5.06. The second-order valence-corrected chi connectivity index (χ2v) is 9.67. The molecule has 0 fully saturated rings. The summed E-state index contributed by atoms with van der Waals surface area (Å²) in [7, 11) is 1.50. The third-order valence-electron chi connectivity index (χ3n) is 5.40. The van der Waals surface area contributed by atoms with Crippen LogP contribution in [0.1, 0.15) is 45.2 Å². The molecular weight excluding hydrogens is 508 g/mol. The standard InChI is InChI=1S/C27H36N4O8/c1-27(2,3)39-26(37)30-21(12-13-22(28)34)25(36)31(14-15-32)23(17-6-5-7-19(33)16-17)24(35)29-18-8-10-20(38-4)11-9-18/h5-11,16,21,23,32-33H,12-15H2,1-4H3,(H2,28,34)(H,29,35)(H,30,37). The van der Waals surface area contributed by atoms with E-state index in [1.54, 1.807) is 45.0 Å². The molecule has 6 N–H and O–H groups in total. The maximum Gasteiger partial charge on any atom is 0.408 e. The van der Waals surface area contributed by atoms with Crippen molar-refractivity contribution in [2.75, 3.05) is 25.6 Å². The highest BCUT2D eigenvalue weighted by atomic mass is 16.6. The molecule has 0 bridgehead atoms. The normalized spacial score (nSPS) is 12.5. The van der Waals surface area contributed by atoms with E-state index in [0.717, 1.165) is 4.90 Å². The lowest BCUT2D eigenvalue weighted by Gasteiger charge is -2.34. The summed E-state index contributed by atoms with van der Waals surface area (Å²) in [5.74, 6) is -1.70. The van der Waals surface area contributed by atoms with E-state index in [-0.39, 0.29) is 30.7 Å². The lowest BCUT2D eigenvalue weighted by atomic mass is 10.0. The fraction of sp³-hybridized carbons (Fsp3) is 0.407. The van der Waals surface area contributed by atoms with E-state index in [9.17, 15) is 29.4 Å². The van der Waals surface area contributed by atoms with Crippen LogP contribution in [0.15, 0.2) is 48.5 Å². The van der Waals surface area contributed by atoms with Crippen LogP contribution in [0.4, 0.5) is 10.5 Å². The van der Waals surface area contributed by atoms with Crippen molar-refractivity contribution >= 4 is 29.5 Å². The Labute approximate surface area is 227 Å². The van der Waals surface area contributed by atoms with E-state index in [4.69, 9.17) is 15.2 Å². The number of hydrogen-bond donors (Lipinski definition) is 5. The van der Waals surface area contributed by atoms with Crippen LogP contribution in [0.3, 0.4) is 0 Å². The lowest BCUT2D eigenvalue weighted by Crippen LogP contribution is -2.53. The van der Waals surface area contributed by atoms with Crippen LogP contribution in [0.25, 0.3) is 0 Å². The fourth-order valence-corrected chi connectivity index (χ4v) is 3.72. The number of carbonyl (C=O) groups excluding carboxylic acids is 4. The number of carbonyl (C=O) groups is 4. The van der Waals surface area contributed by atoms with Gasteiger partial charge >= 0.3 is 6.09 Å². The van der Waals surface area contributed by atoms with Crippen molar-refractivity contribution in [3.05, 3.63) is 54.1 Å². The zero-order chi connectivity index (χ0) is 29.2. The average molecular weight is 545 g/mol. The number of ether oxygens (including phenoxy) is 2. The number of methoxy groups -OCH3 is 1. The zero-order valence-corrected chi connectivity index (χ0v) is 22.5. The van der Waals surface area contributed by atoms with Gasteiger partial charge in [0.25, 0.3) is 5.91 Å². The molecule has 2 aromatic carbocycles. The van der Waals surface area contributed by atoms with Gasteiger partial charge in [0.1, 0.15) is 29.2 Å². The van der Waals surface area contributed by atoms with E-state index in [0.29, 0.717) is 11.4 Å². The molecule has 2 aromatic rings. The van der Waals surface area contributed by atoms with Crippen molar-refractivity contribution in [3.8, 4) is 11.5 Å². The molecule has 0 aliphatic carbocycles. The monoisotopic (exact) mass is 544 g/mol. The third kappa shape index (κ3) is 9.82. The van der Waals surface area contributed by atoms with Crippen molar-refractivity contribution in [2.45, 2.75) is 51.3 Å². The summed E-state index contributed by atoms with van der Waals surface area (Å²) in [5, 5.41) is 25.1. The molecule has 0 saturated heterocycles. The second kappa shape index (κ2) is 14.0. The number of primary amides is 1. The Morgan fingerprint density at radius 2 is 1.74 bits per heavy atom. The minimum atomic E-state index is -1.34. The molecule has 4 amide bonds. The topological polar surface area (TPSA) is 181 Å². The van der Waals surface area contributed by atoms with Gasteiger partial charge in [0.15, 0.2) is 0 Å². The molecule has 12 nitrogen and oxygen atoms in total. The number of phenols is 1. The van der Waals surface area contributed by atoms with E-state index in [1.807, 2.05) is 0 Å². The number of rotatable bonds is 12. The lowest BCUT2D eigenvalue weighted by molar-refractivity contribution is -0.141. The van der Waals surface area contributed by atoms with Gasteiger partial charge < -0.3 is 41.0 Å². The number of nitrogens with one attached hydrogen (secondary N) is 2. The predicted molar refractivity (Wildman–Crippen MR) is 143 cm³/mol. The highest BCUT2D eigenvalue weighted by Gasteiger charge is 2.36. The Bertz CT molecular complexity index is 1150. The molecule has 0 aliphatic rings. The Kier molecular flexibility index (Phi) is 11.1. The van der Waals surface area contributed by atoms with Gasteiger partial charge in [-0.15, -0.1) is 0 Å². The molecule has 0 aromatic heterocycles. The van der Waals surface area contributed by atoms with Gasteiger partial charge in [0.05, 0.1) is 13.7 Å². The van der Waals surface area contributed by atoms with Crippen molar-refractivity contribution in [1.29, 1.82) is 0 Å². The van der Waals surface area contributed by atoms with Crippen molar-refractivity contribution in [1.82, 2.24) is 10.2 Å². The molecule has 0 heterocycles. The van der Waals surface area contributed by atoms with E-state index < -0.39 is 48.1 Å². The molecule has 39 heavy (non-hydrogen) atoms. The molecule has 212 valence electrons. The minimum absolute atomic E-state index is 0.150. The molecule has 0 spiro atoms. The predicted octanol–water partition coefficient (Wildman–Crippen LogP) is 2.06. The Morgan fingerprint density at radius 1 is 1.08 bits per heavy atom. The number of hydrogen-bond acceptors (Lipinski definition) is 8. The first-order valence-electron chi connectivity index (χ1n) is 12.3. The molecule has 0 radical (unpaired) electrons. The zero-order valence-electron chi connectivity index (χ0n) is 22.5. The van der Waals surface area contributed by atoms with Crippen LogP contribution in [-0.4, -0.2) is 70.8 Å². The van der Waals surface area contributed by atoms with Crippen LogP contribution in [0, 0.1) is 0 Å². The van der Waals surface area contributed by atoms with Gasteiger partial charge in [-0.1, -0.05) is 12.1 Å². The van der Waals surface area contributed by atoms with Crippen LogP contribution in [0.2, 0.25) is 0 Å². The summed E-state index contributed by atoms with van der Waals surface area (Å²) in [6.07, 6.45) is -1.33. The maximum absolute atomic E-state index is 13.8. The number of benzene rings is 2. The largest absolute Gasteiger partial charge is 0.508 e. The van der Waals surface area contributed by atoms with Crippen LogP contribution in [-0.2, 0) is 19.1 Å². The molecule has 0 saturated carbocycles. The highest BCUT2D eigenvalue weighted by molar-refractivity contribution is 5.99. The van der Waals surface area contributed by atoms with Crippen molar-refractivity contribution in [3.63, 3.8) is 0 Å². The van der Waals surface area contributed by atoms with Gasteiger partial charge in [-0.2, -0.15) is 0 Å². The molecule has 12 heteroatoms. The molecule has 2 atom stereocenters. The first kappa shape index (κ1) is 30.9. The number of anilines is 1. The Balaban J connectivity index is 2.48. The maximum atomic E-state index is 13.8.